The molecule has 0 saturated carbocycles. The molecule has 2 aromatic rings. The van der Waals surface area contributed by atoms with Crippen LogP contribution in [0, 0.1) is 0 Å². The SMILES string of the molecule is CN=C(NCCNS(=O)(=O)c1cccs1)N(C)Cc1ccc(Cl)s1. The lowest BCUT2D eigenvalue weighted by Gasteiger charge is -2.21. The van der Waals surface area contributed by atoms with Gasteiger partial charge in [0.15, 0.2) is 5.96 Å². The number of thiophene rings is 2. The zero-order valence-electron chi connectivity index (χ0n) is 13.3. The van der Waals surface area contributed by atoms with Gasteiger partial charge in [-0.1, -0.05) is 17.7 Å². The van der Waals surface area contributed by atoms with Crippen molar-refractivity contribution in [3.63, 3.8) is 0 Å². The summed E-state index contributed by atoms with van der Waals surface area (Å²) in [5, 5.41) is 4.87. The maximum absolute atomic E-state index is 12.0. The van der Waals surface area contributed by atoms with Gasteiger partial charge in [-0.2, -0.15) is 0 Å². The fourth-order valence-corrected chi connectivity index (χ4v) is 5.19. The summed E-state index contributed by atoms with van der Waals surface area (Å²) in [6, 6.07) is 7.14. The molecular weight excluding hydrogens is 388 g/mol. The number of aliphatic imine (C=N–C) groups is 1. The van der Waals surface area contributed by atoms with Crippen LogP contribution in [0.3, 0.4) is 0 Å². The Kier molecular flexibility index (Phi) is 7.05. The van der Waals surface area contributed by atoms with E-state index in [9.17, 15) is 8.42 Å². The normalized spacial score (nSPS) is 12.4. The summed E-state index contributed by atoms with van der Waals surface area (Å²) in [7, 11) is 0.180. The summed E-state index contributed by atoms with van der Waals surface area (Å²) in [4.78, 5) is 7.29. The van der Waals surface area contributed by atoms with Gasteiger partial charge < -0.3 is 10.2 Å². The third kappa shape index (κ3) is 5.45. The van der Waals surface area contributed by atoms with Gasteiger partial charge in [-0.05, 0) is 23.6 Å². The summed E-state index contributed by atoms with van der Waals surface area (Å²) >= 11 is 8.65. The number of nitrogens with zero attached hydrogens (tertiary/aromatic N) is 2. The topological polar surface area (TPSA) is 73.8 Å². The number of halogens is 1. The number of hydrogen-bond acceptors (Lipinski definition) is 5. The van der Waals surface area contributed by atoms with E-state index in [1.165, 1.54) is 22.7 Å². The van der Waals surface area contributed by atoms with Gasteiger partial charge in [0.1, 0.15) is 4.21 Å². The molecule has 6 nitrogen and oxygen atoms in total. The Labute approximate surface area is 155 Å². The second-order valence-electron chi connectivity index (χ2n) is 4.87. The summed E-state index contributed by atoms with van der Waals surface area (Å²) in [5.74, 6) is 0.690. The standard InChI is InChI=1S/C14H19ClN4O2S3/c1-16-14(19(2)10-11-5-6-12(15)23-11)17-7-8-18-24(20,21)13-4-3-9-22-13/h3-6,9,18H,7-8,10H2,1-2H3,(H,16,17). The molecule has 0 aliphatic carbocycles. The van der Waals surface area contributed by atoms with Crippen molar-refractivity contribution >= 4 is 50.3 Å². The van der Waals surface area contributed by atoms with E-state index in [0.29, 0.717) is 23.3 Å². The van der Waals surface area contributed by atoms with Gasteiger partial charge in [0, 0.05) is 32.1 Å². The third-order valence-electron chi connectivity index (χ3n) is 3.06. The maximum atomic E-state index is 12.0. The van der Waals surface area contributed by atoms with E-state index in [4.69, 9.17) is 11.6 Å². The average Bonchev–Trinajstić information content (AvgIpc) is 3.19. The molecule has 2 rings (SSSR count). The van der Waals surface area contributed by atoms with Crippen molar-refractivity contribution in [1.29, 1.82) is 0 Å². The molecular formula is C14H19ClN4O2S3. The van der Waals surface area contributed by atoms with Gasteiger partial charge in [-0.15, -0.1) is 22.7 Å². The van der Waals surface area contributed by atoms with Gasteiger partial charge >= 0.3 is 0 Å². The molecule has 0 radical (unpaired) electrons. The van der Waals surface area contributed by atoms with E-state index in [0.717, 1.165) is 9.21 Å². The highest BCUT2D eigenvalue weighted by Gasteiger charge is 2.14. The highest BCUT2D eigenvalue weighted by molar-refractivity contribution is 7.91. The summed E-state index contributed by atoms with van der Waals surface area (Å²) < 4.78 is 27.6. The van der Waals surface area contributed by atoms with Crippen LogP contribution in [0.1, 0.15) is 4.88 Å². The molecule has 10 heteroatoms. The predicted octanol–water partition coefficient (Wildman–Crippen LogP) is 2.45. The minimum absolute atomic E-state index is 0.276. The van der Waals surface area contributed by atoms with Crippen LogP contribution < -0.4 is 10.0 Å². The molecule has 24 heavy (non-hydrogen) atoms. The van der Waals surface area contributed by atoms with Crippen molar-refractivity contribution in [2.24, 2.45) is 4.99 Å². The number of rotatable bonds is 7. The van der Waals surface area contributed by atoms with Crippen molar-refractivity contribution in [3.05, 3.63) is 38.9 Å². The zero-order valence-corrected chi connectivity index (χ0v) is 16.5. The van der Waals surface area contributed by atoms with E-state index in [1.807, 2.05) is 24.1 Å². The van der Waals surface area contributed by atoms with Gasteiger partial charge in [-0.3, -0.25) is 4.99 Å². The van der Waals surface area contributed by atoms with Crippen molar-refractivity contribution in [1.82, 2.24) is 14.9 Å². The summed E-state index contributed by atoms with van der Waals surface area (Å²) in [6.45, 7) is 1.39. The Hall–Kier alpha value is -1.13. The molecule has 0 spiro atoms. The Morgan fingerprint density at radius 3 is 2.71 bits per heavy atom. The largest absolute Gasteiger partial charge is 0.355 e. The van der Waals surface area contributed by atoms with Crippen LogP contribution in [0.4, 0.5) is 0 Å². The van der Waals surface area contributed by atoms with E-state index in [-0.39, 0.29) is 6.54 Å². The van der Waals surface area contributed by atoms with Crippen molar-refractivity contribution < 1.29 is 8.42 Å². The van der Waals surface area contributed by atoms with Crippen LogP contribution in [0.15, 0.2) is 38.8 Å². The Morgan fingerprint density at radius 2 is 2.12 bits per heavy atom. The second kappa shape index (κ2) is 8.82. The number of guanidine groups is 1. The monoisotopic (exact) mass is 406 g/mol. The minimum atomic E-state index is -3.43. The molecule has 0 aromatic carbocycles. The van der Waals surface area contributed by atoms with E-state index < -0.39 is 10.0 Å². The fourth-order valence-electron chi connectivity index (χ4n) is 1.98. The van der Waals surface area contributed by atoms with Crippen molar-refractivity contribution in [2.45, 2.75) is 10.8 Å². The number of nitrogens with one attached hydrogen (secondary N) is 2. The predicted molar refractivity (Wildman–Crippen MR) is 102 cm³/mol. The van der Waals surface area contributed by atoms with Gasteiger partial charge in [0.05, 0.1) is 10.9 Å². The highest BCUT2D eigenvalue weighted by Crippen LogP contribution is 2.22. The molecule has 0 atom stereocenters. The summed E-state index contributed by atoms with van der Waals surface area (Å²) in [5.41, 5.74) is 0. The van der Waals surface area contributed by atoms with Crippen LogP contribution in [-0.4, -0.2) is 46.5 Å². The minimum Gasteiger partial charge on any atom is -0.355 e. The lowest BCUT2D eigenvalue weighted by Crippen LogP contribution is -2.42. The first-order valence-corrected chi connectivity index (χ1v) is 10.7. The first-order chi connectivity index (χ1) is 11.4. The quantitative estimate of drug-likeness (QED) is 0.421. The molecule has 0 fully saturated rings. The van der Waals surface area contributed by atoms with Crippen LogP contribution in [-0.2, 0) is 16.6 Å². The highest BCUT2D eigenvalue weighted by atomic mass is 35.5. The zero-order chi connectivity index (χ0) is 17.6. The second-order valence-corrected chi connectivity index (χ2v) is 9.61. The molecule has 132 valence electrons. The van der Waals surface area contributed by atoms with E-state index in [1.54, 1.807) is 24.6 Å². The molecule has 2 heterocycles. The Balaban J connectivity index is 1.79. The van der Waals surface area contributed by atoms with Crippen molar-refractivity contribution in [2.75, 3.05) is 27.2 Å². The Morgan fingerprint density at radius 1 is 1.33 bits per heavy atom. The van der Waals surface area contributed by atoms with Gasteiger partial charge in [0.2, 0.25) is 10.0 Å². The molecule has 0 aliphatic rings. The average molecular weight is 407 g/mol. The summed E-state index contributed by atoms with van der Waals surface area (Å²) in [6.07, 6.45) is 0. The lowest BCUT2D eigenvalue weighted by molar-refractivity contribution is 0.481. The molecule has 0 aliphatic heterocycles. The van der Waals surface area contributed by atoms with Gasteiger partial charge in [-0.25, -0.2) is 13.1 Å². The fraction of sp³-hybridized carbons (Fsp3) is 0.357. The van der Waals surface area contributed by atoms with Crippen LogP contribution >= 0.6 is 34.3 Å². The third-order valence-corrected chi connectivity index (χ3v) is 7.13. The Bertz CT molecular complexity index is 772. The smallest absolute Gasteiger partial charge is 0.250 e. The molecule has 2 N–H and O–H groups in total. The lowest BCUT2D eigenvalue weighted by atomic mass is 10.4. The van der Waals surface area contributed by atoms with Crippen LogP contribution in [0.25, 0.3) is 0 Å². The first-order valence-electron chi connectivity index (χ1n) is 7.11. The van der Waals surface area contributed by atoms with Gasteiger partial charge in [0.25, 0.3) is 0 Å². The van der Waals surface area contributed by atoms with E-state index in [2.05, 4.69) is 15.0 Å². The first kappa shape index (κ1) is 19.2. The number of hydrogen-bond donors (Lipinski definition) is 2. The van der Waals surface area contributed by atoms with Crippen LogP contribution in [0.2, 0.25) is 4.34 Å². The maximum Gasteiger partial charge on any atom is 0.250 e. The van der Waals surface area contributed by atoms with E-state index >= 15 is 0 Å². The van der Waals surface area contributed by atoms with Crippen molar-refractivity contribution in [3.8, 4) is 0 Å². The molecule has 0 saturated heterocycles. The molecule has 0 bridgehead atoms. The number of sulfonamides is 1. The van der Waals surface area contributed by atoms with Crippen LogP contribution in [0.5, 0.6) is 0 Å². The molecule has 0 unspecified atom stereocenters. The molecule has 0 amide bonds. The molecule has 2 aromatic heterocycles.